The Morgan fingerprint density at radius 1 is 1.28 bits per heavy atom. The van der Waals surface area contributed by atoms with Gasteiger partial charge in [0.2, 0.25) is 5.91 Å². The molecule has 2 fully saturated rings. The molecule has 2 saturated heterocycles. The standard InChI is InChI=1S/C12H22N2O3S/c15-12(11-4-9-18(16,17)10-11)13-5-3-8-14-6-1-2-7-14/h11H,1-10H2,(H,13,15). The normalized spacial score (nSPS) is 27.4. The SMILES string of the molecule is O=C(NCCCN1CCCC1)C1CCS(=O)(=O)C1. The molecule has 5 nitrogen and oxygen atoms in total. The van der Waals surface area contributed by atoms with Crippen molar-refractivity contribution in [3.05, 3.63) is 0 Å². The molecule has 0 spiro atoms. The molecule has 2 rings (SSSR count). The van der Waals surface area contributed by atoms with E-state index in [-0.39, 0.29) is 23.3 Å². The van der Waals surface area contributed by atoms with Crippen LogP contribution in [0.3, 0.4) is 0 Å². The number of carbonyl (C=O) groups is 1. The van der Waals surface area contributed by atoms with Gasteiger partial charge in [-0.1, -0.05) is 0 Å². The maximum absolute atomic E-state index is 11.7. The molecule has 18 heavy (non-hydrogen) atoms. The zero-order chi connectivity index (χ0) is 13.0. The third-order valence-corrected chi connectivity index (χ3v) is 5.52. The second kappa shape index (κ2) is 6.02. The highest BCUT2D eigenvalue weighted by atomic mass is 32.2. The Bertz CT molecular complexity index is 388. The Kier molecular flexibility index (Phi) is 4.61. The van der Waals surface area contributed by atoms with Gasteiger partial charge >= 0.3 is 0 Å². The maximum Gasteiger partial charge on any atom is 0.224 e. The van der Waals surface area contributed by atoms with Crippen LogP contribution >= 0.6 is 0 Å². The summed E-state index contributed by atoms with van der Waals surface area (Å²) >= 11 is 0. The van der Waals surface area contributed by atoms with Gasteiger partial charge in [-0.3, -0.25) is 4.79 Å². The summed E-state index contributed by atoms with van der Waals surface area (Å²) in [5.74, 6) is -0.205. The molecule has 1 unspecified atom stereocenters. The summed E-state index contributed by atoms with van der Waals surface area (Å²) in [6.07, 6.45) is 4.00. The van der Waals surface area contributed by atoms with E-state index in [4.69, 9.17) is 0 Å². The minimum absolute atomic E-state index is 0.0327. The van der Waals surface area contributed by atoms with Crippen LogP contribution in [0.25, 0.3) is 0 Å². The number of amides is 1. The van der Waals surface area contributed by atoms with Gasteiger partial charge < -0.3 is 10.2 Å². The Morgan fingerprint density at radius 3 is 2.61 bits per heavy atom. The predicted octanol–water partition coefficient (Wildman–Crippen LogP) is 0.0232. The highest BCUT2D eigenvalue weighted by Crippen LogP contribution is 2.18. The van der Waals surface area contributed by atoms with Crippen LogP contribution in [0.4, 0.5) is 0 Å². The van der Waals surface area contributed by atoms with Crippen LogP contribution in [-0.2, 0) is 14.6 Å². The fraction of sp³-hybridized carbons (Fsp3) is 0.917. The minimum atomic E-state index is -2.95. The van der Waals surface area contributed by atoms with Crippen molar-refractivity contribution in [1.29, 1.82) is 0 Å². The first-order valence-electron chi connectivity index (χ1n) is 6.77. The molecule has 6 heteroatoms. The van der Waals surface area contributed by atoms with Crippen LogP contribution in [0.2, 0.25) is 0 Å². The van der Waals surface area contributed by atoms with Gasteiger partial charge in [0.1, 0.15) is 0 Å². The molecule has 0 aromatic heterocycles. The smallest absolute Gasteiger partial charge is 0.224 e. The van der Waals surface area contributed by atoms with E-state index >= 15 is 0 Å². The molecule has 2 heterocycles. The van der Waals surface area contributed by atoms with Crippen molar-refractivity contribution in [2.75, 3.05) is 37.7 Å². The van der Waals surface area contributed by atoms with Crippen molar-refractivity contribution in [3.63, 3.8) is 0 Å². The number of hydrogen-bond donors (Lipinski definition) is 1. The summed E-state index contributed by atoms with van der Waals surface area (Å²) in [7, 11) is -2.95. The molecule has 1 atom stereocenters. The summed E-state index contributed by atoms with van der Waals surface area (Å²) in [4.78, 5) is 14.1. The molecular formula is C12H22N2O3S. The summed E-state index contributed by atoms with van der Waals surface area (Å²) in [6, 6.07) is 0. The predicted molar refractivity (Wildman–Crippen MR) is 70.1 cm³/mol. The average Bonchev–Trinajstić information content (AvgIpc) is 2.93. The average molecular weight is 274 g/mol. The van der Waals surface area contributed by atoms with Gasteiger partial charge in [0.05, 0.1) is 17.4 Å². The molecule has 104 valence electrons. The number of rotatable bonds is 5. The maximum atomic E-state index is 11.7. The van der Waals surface area contributed by atoms with Crippen molar-refractivity contribution in [2.24, 2.45) is 5.92 Å². The van der Waals surface area contributed by atoms with Crippen LogP contribution in [0.5, 0.6) is 0 Å². The van der Waals surface area contributed by atoms with E-state index in [1.807, 2.05) is 0 Å². The van der Waals surface area contributed by atoms with Crippen LogP contribution < -0.4 is 5.32 Å². The zero-order valence-electron chi connectivity index (χ0n) is 10.7. The quantitative estimate of drug-likeness (QED) is 0.718. The third kappa shape index (κ3) is 3.95. The van der Waals surface area contributed by atoms with Crippen molar-refractivity contribution in [1.82, 2.24) is 10.2 Å². The minimum Gasteiger partial charge on any atom is -0.356 e. The first-order valence-corrected chi connectivity index (χ1v) is 8.59. The highest BCUT2D eigenvalue weighted by molar-refractivity contribution is 7.91. The second-order valence-electron chi connectivity index (χ2n) is 5.29. The van der Waals surface area contributed by atoms with E-state index in [1.54, 1.807) is 0 Å². The van der Waals surface area contributed by atoms with Crippen LogP contribution in [-0.4, -0.2) is 56.9 Å². The van der Waals surface area contributed by atoms with Crippen molar-refractivity contribution in [3.8, 4) is 0 Å². The summed E-state index contributed by atoms with van der Waals surface area (Å²) in [5, 5.41) is 2.86. The van der Waals surface area contributed by atoms with E-state index in [2.05, 4.69) is 10.2 Å². The van der Waals surface area contributed by atoms with Gasteiger partial charge in [-0.25, -0.2) is 8.42 Å². The molecule has 2 aliphatic rings. The number of hydrogen-bond acceptors (Lipinski definition) is 4. The number of carbonyl (C=O) groups excluding carboxylic acids is 1. The zero-order valence-corrected chi connectivity index (χ0v) is 11.5. The molecule has 0 aromatic rings. The molecule has 0 saturated carbocycles. The first kappa shape index (κ1) is 13.8. The fourth-order valence-corrected chi connectivity index (χ4v) is 4.41. The monoisotopic (exact) mass is 274 g/mol. The lowest BCUT2D eigenvalue weighted by Gasteiger charge is -2.15. The van der Waals surface area contributed by atoms with Gasteiger partial charge in [-0.15, -0.1) is 0 Å². The summed E-state index contributed by atoms with van der Waals surface area (Å²) in [5.41, 5.74) is 0. The Labute approximate surface area is 109 Å². The molecule has 0 aliphatic carbocycles. The lowest BCUT2D eigenvalue weighted by Crippen LogP contribution is -2.33. The second-order valence-corrected chi connectivity index (χ2v) is 7.52. The van der Waals surface area contributed by atoms with Crippen LogP contribution in [0.1, 0.15) is 25.7 Å². The van der Waals surface area contributed by atoms with E-state index in [1.165, 1.54) is 25.9 Å². The van der Waals surface area contributed by atoms with E-state index < -0.39 is 9.84 Å². The fourth-order valence-electron chi connectivity index (χ4n) is 2.67. The molecule has 1 N–H and O–H groups in total. The van der Waals surface area contributed by atoms with Gasteiger partial charge in [0.25, 0.3) is 0 Å². The molecular weight excluding hydrogens is 252 g/mol. The first-order chi connectivity index (χ1) is 8.57. The number of nitrogens with one attached hydrogen (secondary N) is 1. The largest absolute Gasteiger partial charge is 0.356 e. The van der Waals surface area contributed by atoms with Crippen molar-refractivity contribution >= 4 is 15.7 Å². The third-order valence-electron chi connectivity index (χ3n) is 3.75. The molecule has 0 aromatic carbocycles. The van der Waals surface area contributed by atoms with E-state index in [0.717, 1.165) is 13.0 Å². The van der Waals surface area contributed by atoms with Crippen LogP contribution in [0.15, 0.2) is 0 Å². The van der Waals surface area contributed by atoms with Gasteiger partial charge in [-0.05, 0) is 45.3 Å². The number of sulfone groups is 1. The van der Waals surface area contributed by atoms with E-state index in [9.17, 15) is 13.2 Å². The highest BCUT2D eigenvalue weighted by Gasteiger charge is 2.32. The lowest BCUT2D eigenvalue weighted by atomic mass is 10.1. The Balaban J connectivity index is 1.60. The Morgan fingerprint density at radius 2 is 2.00 bits per heavy atom. The van der Waals surface area contributed by atoms with E-state index in [0.29, 0.717) is 13.0 Å². The van der Waals surface area contributed by atoms with Crippen LogP contribution in [0, 0.1) is 5.92 Å². The van der Waals surface area contributed by atoms with Gasteiger partial charge in [0, 0.05) is 6.54 Å². The number of likely N-dealkylation sites (tertiary alicyclic amines) is 1. The lowest BCUT2D eigenvalue weighted by molar-refractivity contribution is -0.124. The molecule has 0 radical (unpaired) electrons. The summed E-state index contributed by atoms with van der Waals surface area (Å²) in [6.45, 7) is 4.04. The number of nitrogens with zero attached hydrogens (tertiary/aromatic N) is 1. The van der Waals surface area contributed by atoms with Gasteiger partial charge in [0.15, 0.2) is 9.84 Å². The summed E-state index contributed by atoms with van der Waals surface area (Å²) < 4.78 is 22.5. The van der Waals surface area contributed by atoms with Crippen molar-refractivity contribution < 1.29 is 13.2 Å². The topological polar surface area (TPSA) is 66.5 Å². The van der Waals surface area contributed by atoms with Crippen molar-refractivity contribution in [2.45, 2.75) is 25.7 Å². The molecule has 0 bridgehead atoms. The molecule has 1 amide bonds. The Hall–Kier alpha value is -0.620. The van der Waals surface area contributed by atoms with Gasteiger partial charge in [-0.2, -0.15) is 0 Å². The molecule has 2 aliphatic heterocycles.